The van der Waals surface area contributed by atoms with E-state index in [-0.39, 0.29) is 17.1 Å². The fraction of sp³-hybridized carbons (Fsp3) is 0. The molecule has 23 heavy (non-hydrogen) atoms. The Morgan fingerprint density at radius 3 is 2.78 bits per heavy atom. The van der Waals surface area contributed by atoms with Crippen LogP contribution in [-0.2, 0) is 0 Å². The Bertz CT molecular complexity index is 1080. The molecule has 3 heterocycles. The van der Waals surface area contributed by atoms with Crippen molar-refractivity contribution < 1.29 is 4.79 Å². The predicted octanol–water partition coefficient (Wildman–Crippen LogP) is 1.22. The molecule has 112 valence electrons. The van der Waals surface area contributed by atoms with Gasteiger partial charge in [-0.2, -0.15) is 5.10 Å². The molecule has 0 unspecified atom stereocenters. The molecule has 0 saturated heterocycles. The molecule has 0 aliphatic rings. The largest absolute Gasteiger partial charge is 0.304 e. The van der Waals surface area contributed by atoms with Crippen LogP contribution in [-0.4, -0.2) is 30.5 Å². The van der Waals surface area contributed by atoms with Crippen LogP contribution in [0.1, 0.15) is 10.5 Å². The molecule has 0 aliphatic heterocycles. The number of carbonyl (C=O) groups excluding carboxylic acids is 1. The number of benzene rings is 1. The van der Waals surface area contributed by atoms with Gasteiger partial charge in [-0.05, 0) is 24.3 Å². The van der Waals surface area contributed by atoms with E-state index in [1.807, 2.05) is 28.7 Å². The summed E-state index contributed by atoms with van der Waals surface area (Å²) in [5.41, 5.74) is 1.59. The molecule has 0 spiro atoms. The molecule has 1 aromatic carbocycles. The van der Waals surface area contributed by atoms with E-state index >= 15 is 0 Å². The Morgan fingerprint density at radius 2 is 1.96 bits per heavy atom. The zero-order valence-corrected chi connectivity index (χ0v) is 11.7. The number of anilines is 1. The number of rotatable bonds is 2. The molecule has 3 aromatic heterocycles. The first kappa shape index (κ1) is 13.1. The number of hydrogen-bond donors (Lipinski definition) is 2. The minimum atomic E-state index is -0.431. The van der Waals surface area contributed by atoms with E-state index in [1.165, 1.54) is 12.1 Å². The second kappa shape index (κ2) is 5.02. The summed E-state index contributed by atoms with van der Waals surface area (Å²) in [6, 6.07) is 11.9. The number of fused-ring (bicyclic) bond motifs is 3. The van der Waals surface area contributed by atoms with Crippen LogP contribution in [0.4, 0.5) is 5.82 Å². The van der Waals surface area contributed by atoms with E-state index in [9.17, 15) is 9.59 Å². The van der Waals surface area contributed by atoms with Gasteiger partial charge in [-0.3, -0.25) is 14.0 Å². The molecular formula is C15H10N6O2. The Hall–Kier alpha value is -3.55. The topological polar surface area (TPSA) is 105 Å². The van der Waals surface area contributed by atoms with Crippen LogP contribution in [0.25, 0.3) is 16.8 Å². The van der Waals surface area contributed by atoms with Gasteiger partial charge in [-0.15, -0.1) is 0 Å². The number of para-hydroxylation sites is 2. The van der Waals surface area contributed by atoms with Crippen LogP contribution in [0.3, 0.4) is 0 Å². The van der Waals surface area contributed by atoms with Crippen LogP contribution in [0, 0.1) is 0 Å². The number of amides is 1. The van der Waals surface area contributed by atoms with Crippen molar-refractivity contribution in [3.05, 3.63) is 64.7 Å². The maximum Gasteiger partial charge on any atom is 0.275 e. The number of hydrogen-bond acceptors (Lipinski definition) is 5. The van der Waals surface area contributed by atoms with E-state index in [0.717, 1.165) is 11.0 Å². The Labute approximate surface area is 128 Å². The molecule has 0 radical (unpaired) electrons. The van der Waals surface area contributed by atoms with Gasteiger partial charge in [0.15, 0.2) is 5.82 Å². The van der Waals surface area contributed by atoms with Gasteiger partial charge in [0, 0.05) is 12.3 Å². The summed E-state index contributed by atoms with van der Waals surface area (Å²) in [5, 5.41) is 8.53. The molecule has 2 N–H and O–H groups in total. The molecule has 0 aliphatic carbocycles. The Balaban J connectivity index is 1.70. The maximum absolute atomic E-state index is 12.2. The van der Waals surface area contributed by atoms with Crippen molar-refractivity contribution in [2.45, 2.75) is 0 Å². The van der Waals surface area contributed by atoms with Gasteiger partial charge in [-0.1, -0.05) is 12.1 Å². The molecule has 0 saturated carbocycles. The average Bonchev–Trinajstić information content (AvgIpc) is 2.94. The first-order chi connectivity index (χ1) is 11.2. The monoisotopic (exact) mass is 306 g/mol. The third-order valence-corrected chi connectivity index (χ3v) is 3.33. The third kappa shape index (κ3) is 2.31. The first-order valence-corrected chi connectivity index (χ1v) is 6.82. The fourth-order valence-electron chi connectivity index (χ4n) is 2.27. The zero-order valence-electron chi connectivity index (χ0n) is 11.7. The summed E-state index contributed by atoms with van der Waals surface area (Å²) in [6.07, 6.45) is 1.74. The van der Waals surface area contributed by atoms with Crippen LogP contribution >= 0.6 is 0 Å². The quantitative estimate of drug-likeness (QED) is 0.579. The van der Waals surface area contributed by atoms with Gasteiger partial charge >= 0.3 is 0 Å². The number of carbonyl (C=O) groups is 1. The number of H-pyrrole nitrogens is 1. The highest BCUT2D eigenvalue weighted by Gasteiger charge is 2.12. The van der Waals surface area contributed by atoms with Gasteiger partial charge in [0.2, 0.25) is 5.78 Å². The molecule has 4 rings (SSSR count). The van der Waals surface area contributed by atoms with Crippen LogP contribution in [0.5, 0.6) is 0 Å². The summed E-state index contributed by atoms with van der Waals surface area (Å²) in [7, 11) is 0. The second-order valence-electron chi connectivity index (χ2n) is 4.84. The van der Waals surface area contributed by atoms with Crippen molar-refractivity contribution in [2.75, 3.05) is 5.32 Å². The number of aromatic nitrogens is 5. The van der Waals surface area contributed by atoms with Crippen molar-refractivity contribution in [3.63, 3.8) is 0 Å². The summed E-state index contributed by atoms with van der Waals surface area (Å²) in [5.74, 6) is 0.247. The smallest absolute Gasteiger partial charge is 0.275 e. The van der Waals surface area contributed by atoms with E-state index in [2.05, 4.69) is 25.5 Å². The lowest BCUT2D eigenvalue weighted by Gasteiger charge is -2.03. The molecule has 4 aromatic rings. The predicted molar refractivity (Wildman–Crippen MR) is 83.3 cm³/mol. The highest BCUT2D eigenvalue weighted by molar-refractivity contribution is 6.02. The minimum absolute atomic E-state index is 0.209. The van der Waals surface area contributed by atoms with Gasteiger partial charge in [0.05, 0.1) is 11.0 Å². The lowest BCUT2D eigenvalue weighted by molar-refractivity contribution is 0.102. The van der Waals surface area contributed by atoms with Crippen molar-refractivity contribution in [2.24, 2.45) is 0 Å². The molecule has 0 fully saturated rings. The average molecular weight is 306 g/mol. The normalized spacial score (nSPS) is 11.0. The minimum Gasteiger partial charge on any atom is -0.304 e. The van der Waals surface area contributed by atoms with Gasteiger partial charge in [0.1, 0.15) is 5.69 Å². The van der Waals surface area contributed by atoms with Crippen LogP contribution in [0.15, 0.2) is 53.5 Å². The fourth-order valence-corrected chi connectivity index (χ4v) is 2.27. The standard InChI is InChI=1S/C15H10N6O2/c22-13-6-5-12(19-20-13)18-14(23)10-7-8-21-11-4-2-1-3-9(11)16-15(21)17-10/h1-8H,(H,20,22)(H,18,19,23). The second-order valence-corrected chi connectivity index (χ2v) is 4.84. The maximum atomic E-state index is 12.2. The van der Waals surface area contributed by atoms with E-state index in [1.54, 1.807) is 12.3 Å². The van der Waals surface area contributed by atoms with Gasteiger partial charge in [0.25, 0.3) is 11.5 Å². The summed E-state index contributed by atoms with van der Waals surface area (Å²) < 4.78 is 1.81. The highest BCUT2D eigenvalue weighted by atomic mass is 16.2. The SMILES string of the molecule is O=C(Nc1ccc(=O)[nH]n1)c1ccn2c(n1)nc1ccccc12. The summed E-state index contributed by atoms with van der Waals surface area (Å²) in [6.45, 7) is 0. The van der Waals surface area contributed by atoms with E-state index < -0.39 is 5.91 Å². The van der Waals surface area contributed by atoms with Crippen LogP contribution in [0.2, 0.25) is 0 Å². The molecule has 0 bridgehead atoms. The van der Waals surface area contributed by atoms with Crippen molar-refractivity contribution in [3.8, 4) is 0 Å². The molecule has 1 amide bonds. The van der Waals surface area contributed by atoms with Crippen LogP contribution < -0.4 is 10.9 Å². The molecule has 8 heteroatoms. The van der Waals surface area contributed by atoms with Gasteiger partial charge < -0.3 is 5.32 Å². The Morgan fingerprint density at radius 1 is 1.09 bits per heavy atom. The molecular weight excluding hydrogens is 296 g/mol. The third-order valence-electron chi connectivity index (χ3n) is 3.33. The molecule has 8 nitrogen and oxygen atoms in total. The summed E-state index contributed by atoms with van der Waals surface area (Å²) >= 11 is 0. The van der Waals surface area contributed by atoms with E-state index in [0.29, 0.717) is 5.78 Å². The lowest BCUT2D eigenvalue weighted by Crippen LogP contribution is -2.17. The summed E-state index contributed by atoms with van der Waals surface area (Å²) in [4.78, 5) is 31.8. The van der Waals surface area contributed by atoms with Crippen molar-refractivity contribution in [1.82, 2.24) is 24.6 Å². The number of nitrogens with one attached hydrogen (secondary N) is 2. The number of nitrogens with zero attached hydrogens (tertiary/aromatic N) is 4. The molecule has 0 atom stereocenters. The number of imidazole rings is 1. The van der Waals surface area contributed by atoms with Crippen molar-refractivity contribution >= 4 is 28.5 Å². The van der Waals surface area contributed by atoms with Crippen molar-refractivity contribution in [1.29, 1.82) is 0 Å². The van der Waals surface area contributed by atoms with Gasteiger partial charge in [-0.25, -0.2) is 15.1 Å². The Kier molecular flexibility index (Phi) is 2.87. The highest BCUT2D eigenvalue weighted by Crippen LogP contribution is 2.15. The first-order valence-electron chi connectivity index (χ1n) is 6.82. The van der Waals surface area contributed by atoms with E-state index in [4.69, 9.17) is 0 Å². The lowest BCUT2D eigenvalue weighted by atomic mass is 10.3. The zero-order chi connectivity index (χ0) is 15.8. The number of aromatic amines is 1.